The molecule has 1 unspecified atom stereocenters. The van der Waals surface area contributed by atoms with Crippen LogP contribution in [0.25, 0.3) is 11.3 Å². The number of rotatable bonds is 5. The van der Waals surface area contributed by atoms with Crippen molar-refractivity contribution < 1.29 is 14.0 Å². The Morgan fingerprint density at radius 3 is 2.52 bits per heavy atom. The second kappa shape index (κ2) is 8.47. The van der Waals surface area contributed by atoms with E-state index >= 15 is 0 Å². The summed E-state index contributed by atoms with van der Waals surface area (Å²) in [5, 5.41) is 5.34. The van der Waals surface area contributed by atoms with Crippen LogP contribution in [0.2, 0.25) is 0 Å². The Labute approximate surface area is 167 Å². The molecule has 148 valence electrons. The lowest BCUT2D eigenvalue weighted by molar-refractivity contribution is 0.0936. The first-order valence-corrected chi connectivity index (χ1v) is 8.90. The molecule has 8 heteroatoms. The van der Waals surface area contributed by atoms with Gasteiger partial charge in [0.15, 0.2) is 11.5 Å². The van der Waals surface area contributed by atoms with Crippen LogP contribution in [-0.2, 0) is 0 Å². The smallest absolute Gasteiger partial charge is 0.273 e. The van der Waals surface area contributed by atoms with Gasteiger partial charge in [-0.15, -0.1) is 0 Å². The highest BCUT2D eigenvalue weighted by atomic mass is 19.1. The summed E-state index contributed by atoms with van der Waals surface area (Å²) >= 11 is 0. The normalized spacial score (nSPS) is 11.6. The molecule has 3 rings (SSSR count). The average molecular weight is 393 g/mol. The third-order valence-corrected chi connectivity index (χ3v) is 4.38. The van der Waals surface area contributed by atoms with E-state index in [0.717, 1.165) is 5.56 Å². The monoisotopic (exact) mass is 393 g/mol. The highest BCUT2D eigenvalue weighted by molar-refractivity contribution is 5.97. The number of halogens is 1. The van der Waals surface area contributed by atoms with E-state index in [-0.39, 0.29) is 29.3 Å². The van der Waals surface area contributed by atoms with Gasteiger partial charge in [0.2, 0.25) is 0 Å². The first-order valence-electron chi connectivity index (χ1n) is 8.90. The van der Waals surface area contributed by atoms with Crippen LogP contribution in [0.4, 0.5) is 10.2 Å². The number of nitrogens with zero attached hydrogens (tertiary/aromatic N) is 2. The molecule has 0 bridgehead atoms. The fourth-order valence-electron chi connectivity index (χ4n) is 2.76. The summed E-state index contributed by atoms with van der Waals surface area (Å²) in [5.74, 6) is -1.05. The van der Waals surface area contributed by atoms with E-state index in [9.17, 15) is 14.0 Å². The molecule has 2 amide bonds. The van der Waals surface area contributed by atoms with Crippen LogP contribution in [0, 0.1) is 5.82 Å². The number of nitrogens with one attached hydrogen (secondary N) is 2. The van der Waals surface area contributed by atoms with Gasteiger partial charge in [0.05, 0.1) is 17.9 Å². The lowest BCUT2D eigenvalue weighted by Gasteiger charge is -2.15. The second-order valence-corrected chi connectivity index (χ2v) is 6.40. The maximum atomic E-state index is 13.1. The van der Waals surface area contributed by atoms with E-state index in [1.807, 2.05) is 6.92 Å². The molecule has 0 radical (unpaired) electrons. The molecule has 1 heterocycles. The molecule has 2 aromatic carbocycles. The van der Waals surface area contributed by atoms with Gasteiger partial charge >= 0.3 is 0 Å². The minimum Gasteiger partial charge on any atom is -0.382 e. The van der Waals surface area contributed by atoms with Gasteiger partial charge in [-0.1, -0.05) is 24.3 Å². The number of carbonyl (C=O) groups is 2. The minimum atomic E-state index is -0.445. The van der Waals surface area contributed by atoms with E-state index < -0.39 is 5.91 Å². The molecular formula is C21H20FN5O2. The van der Waals surface area contributed by atoms with Gasteiger partial charge in [-0.25, -0.2) is 14.4 Å². The van der Waals surface area contributed by atoms with Gasteiger partial charge in [0.1, 0.15) is 5.82 Å². The zero-order valence-electron chi connectivity index (χ0n) is 15.9. The lowest BCUT2D eigenvalue weighted by atomic mass is 10.1. The number of nitrogen functional groups attached to an aromatic ring is 1. The molecule has 0 aliphatic rings. The maximum absolute atomic E-state index is 13.1. The molecule has 0 spiro atoms. The van der Waals surface area contributed by atoms with Crippen molar-refractivity contribution in [2.75, 3.05) is 12.8 Å². The second-order valence-electron chi connectivity index (χ2n) is 6.40. The average Bonchev–Trinajstić information content (AvgIpc) is 2.74. The Balaban J connectivity index is 1.83. The molecule has 29 heavy (non-hydrogen) atoms. The number of carbonyl (C=O) groups excluding carboxylic acids is 2. The Bertz CT molecular complexity index is 1050. The van der Waals surface area contributed by atoms with Gasteiger partial charge in [-0.2, -0.15) is 0 Å². The van der Waals surface area contributed by atoms with E-state index in [2.05, 4.69) is 20.6 Å². The Morgan fingerprint density at radius 2 is 1.83 bits per heavy atom. The van der Waals surface area contributed by atoms with Crippen molar-refractivity contribution in [1.82, 2.24) is 20.6 Å². The van der Waals surface area contributed by atoms with Gasteiger partial charge in [0, 0.05) is 18.2 Å². The van der Waals surface area contributed by atoms with Crippen molar-refractivity contribution >= 4 is 17.6 Å². The van der Waals surface area contributed by atoms with Crippen LogP contribution in [-0.4, -0.2) is 28.8 Å². The molecule has 0 saturated carbocycles. The summed E-state index contributed by atoms with van der Waals surface area (Å²) in [6, 6.07) is 12.4. The van der Waals surface area contributed by atoms with Crippen LogP contribution < -0.4 is 16.4 Å². The van der Waals surface area contributed by atoms with Crippen LogP contribution in [0.3, 0.4) is 0 Å². The van der Waals surface area contributed by atoms with E-state index in [4.69, 9.17) is 5.73 Å². The summed E-state index contributed by atoms with van der Waals surface area (Å²) in [6.45, 7) is 1.82. The Morgan fingerprint density at radius 1 is 1.10 bits per heavy atom. The first kappa shape index (κ1) is 19.9. The zero-order chi connectivity index (χ0) is 21.0. The third-order valence-electron chi connectivity index (χ3n) is 4.38. The summed E-state index contributed by atoms with van der Waals surface area (Å²) in [5.41, 5.74) is 7.97. The number of aromatic nitrogens is 2. The highest BCUT2D eigenvalue weighted by Gasteiger charge is 2.15. The number of hydrogen-bond donors (Lipinski definition) is 3. The van der Waals surface area contributed by atoms with Crippen molar-refractivity contribution in [3.05, 3.63) is 77.4 Å². The predicted molar refractivity (Wildman–Crippen MR) is 108 cm³/mol. The van der Waals surface area contributed by atoms with Gasteiger partial charge in [0.25, 0.3) is 11.8 Å². The topological polar surface area (TPSA) is 110 Å². The predicted octanol–water partition coefficient (Wildman–Crippen LogP) is 2.72. The van der Waals surface area contributed by atoms with E-state index in [1.165, 1.54) is 25.4 Å². The zero-order valence-corrected chi connectivity index (χ0v) is 15.9. The van der Waals surface area contributed by atoms with Crippen molar-refractivity contribution in [2.45, 2.75) is 13.0 Å². The van der Waals surface area contributed by atoms with Crippen LogP contribution >= 0.6 is 0 Å². The fourth-order valence-corrected chi connectivity index (χ4v) is 2.76. The number of anilines is 1. The summed E-state index contributed by atoms with van der Waals surface area (Å²) in [6.07, 6.45) is 1.44. The lowest BCUT2D eigenvalue weighted by Crippen LogP contribution is -2.26. The molecule has 1 atom stereocenters. The molecular weight excluding hydrogens is 373 g/mol. The SMILES string of the molecule is CNC(=O)c1nc(-c2cccc(C(=O)NC(C)c3ccc(F)cc3)c2)cnc1N. The summed E-state index contributed by atoms with van der Waals surface area (Å²) < 4.78 is 13.1. The number of nitrogens with two attached hydrogens (primary N) is 1. The quantitative estimate of drug-likeness (QED) is 0.617. The molecule has 0 saturated heterocycles. The van der Waals surface area contributed by atoms with Gasteiger partial charge in [-0.05, 0) is 36.8 Å². The standard InChI is InChI=1S/C21H20FN5O2/c1-12(13-6-8-16(22)9-7-13)26-20(28)15-5-3-4-14(10-15)17-11-25-19(23)18(27-17)21(29)24-2/h3-12H,1-2H3,(H2,23,25)(H,24,29)(H,26,28). The third kappa shape index (κ3) is 4.55. The van der Waals surface area contributed by atoms with Crippen molar-refractivity contribution in [2.24, 2.45) is 0 Å². The molecule has 0 aliphatic heterocycles. The van der Waals surface area contributed by atoms with Crippen LogP contribution in [0.5, 0.6) is 0 Å². The van der Waals surface area contributed by atoms with Crippen molar-refractivity contribution in [3.8, 4) is 11.3 Å². The maximum Gasteiger partial charge on any atom is 0.273 e. The summed E-state index contributed by atoms with van der Waals surface area (Å²) in [4.78, 5) is 32.8. The van der Waals surface area contributed by atoms with Crippen LogP contribution in [0.15, 0.2) is 54.7 Å². The Hall–Kier alpha value is -3.81. The molecule has 0 fully saturated rings. The first-order chi connectivity index (χ1) is 13.9. The Kier molecular flexibility index (Phi) is 5.82. The highest BCUT2D eigenvalue weighted by Crippen LogP contribution is 2.21. The molecule has 4 N–H and O–H groups in total. The fraction of sp³-hybridized carbons (Fsp3) is 0.143. The number of hydrogen-bond acceptors (Lipinski definition) is 5. The summed E-state index contributed by atoms with van der Waals surface area (Å²) in [7, 11) is 1.48. The largest absolute Gasteiger partial charge is 0.382 e. The number of benzene rings is 2. The van der Waals surface area contributed by atoms with Crippen molar-refractivity contribution in [1.29, 1.82) is 0 Å². The minimum absolute atomic E-state index is 0.0183. The van der Waals surface area contributed by atoms with E-state index in [1.54, 1.807) is 36.4 Å². The van der Waals surface area contributed by atoms with Gasteiger partial charge in [-0.3, -0.25) is 9.59 Å². The molecule has 0 aliphatic carbocycles. The van der Waals surface area contributed by atoms with Crippen LogP contribution in [0.1, 0.15) is 39.4 Å². The molecule has 7 nitrogen and oxygen atoms in total. The molecule has 3 aromatic rings. The molecule has 1 aromatic heterocycles. The van der Waals surface area contributed by atoms with E-state index in [0.29, 0.717) is 16.8 Å². The number of amides is 2. The van der Waals surface area contributed by atoms with Gasteiger partial charge < -0.3 is 16.4 Å². The van der Waals surface area contributed by atoms with Crippen molar-refractivity contribution in [3.63, 3.8) is 0 Å².